The van der Waals surface area contributed by atoms with Crippen molar-refractivity contribution in [2.45, 2.75) is 57.4 Å². The molecule has 0 unspecified atom stereocenters. The molecule has 1 saturated carbocycles. The Balaban J connectivity index is 1.18. The zero-order valence-corrected chi connectivity index (χ0v) is 23.4. The Morgan fingerprint density at radius 1 is 1.18 bits per heavy atom. The van der Waals surface area contributed by atoms with E-state index >= 15 is 0 Å². The van der Waals surface area contributed by atoms with Crippen LogP contribution in [0.1, 0.15) is 51.4 Å². The lowest BCUT2D eigenvalue weighted by molar-refractivity contribution is -0.121. The van der Waals surface area contributed by atoms with E-state index in [1.165, 1.54) is 16.8 Å². The third-order valence-corrected chi connectivity index (χ3v) is 8.61. The van der Waals surface area contributed by atoms with Crippen LogP contribution in [0.15, 0.2) is 57.2 Å². The number of halogens is 2. The fraction of sp³-hybridized carbons (Fsp3) is 0.500. The zero-order valence-electron chi connectivity index (χ0n) is 22.6. The van der Waals surface area contributed by atoms with Crippen molar-refractivity contribution in [3.8, 4) is 0 Å². The molecule has 9 heteroatoms. The first-order valence-electron chi connectivity index (χ1n) is 13.8. The standard InChI is InChI=1S/C30H36ClFN4O3/c1-35(29-25(32)16-34-26-12-13-28(38)36(2)30(26)29)17-19-6-9-22(10-7-19)33-15-21-5-3-4-20-8-11-23(37)18-39-27(20)14-24(21)31/h4,12-14,16,19,22,33H,3,5-11,15,17-18H2,1-2H3. The number of hydrogen-bond donors (Lipinski definition) is 1. The van der Waals surface area contributed by atoms with Crippen molar-refractivity contribution in [3.63, 3.8) is 0 Å². The van der Waals surface area contributed by atoms with Crippen LogP contribution >= 0.6 is 11.6 Å². The number of ether oxygens (including phenoxy) is 1. The smallest absolute Gasteiger partial charge is 0.250 e. The van der Waals surface area contributed by atoms with E-state index in [0.29, 0.717) is 53.1 Å². The van der Waals surface area contributed by atoms with Crippen molar-refractivity contribution in [3.05, 3.63) is 68.6 Å². The average Bonchev–Trinajstić information content (AvgIpc) is 3.08. The summed E-state index contributed by atoms with van der Waals surface area (Å²) >= 11 is 6.71. The number of allylic oxidation sites excluding steroid dienone is 4. The number of rotatable bonds is 6. The minimum absolute atomic E-state index is 0.113. The van der Waals surface area contributed by atoms with Crippen LogP contribution in [-0.2, 0) is 16.6 Å². The number of Topliss-reactive ketones (excluding diaryl/α,β-unsaturated/α-hetero) is 1. The van der Waals surface area contributed by atoms with Crippen molar-refractivity contribution >= 4 is 34.1 Å². The van der Waals surface area contributed by atoms with E-state index in [1.807, 2.05) is 18.0 Å². The molecule has 0 radical (unpaired) electrons. The number of carbonyl (C=O) groups is 1. The molecule has 0 aromatic carbocycles. The number of hydrogen-bond acceptors (Lipinski definition) is 6. The lowest BCUT2D eigenvalue weighted by Crippen LogP contribution is -2.37. The van der Waals surface area contributed by atoms with Gasteiger partial charge in [-0.15, -0.1) is 0 Å². The third kappa shape index (κ3) is 6.28. The van der Waals surface area contributed by atoms with Gasteiger partial charge in [0, 0.05) is 50.7 Å². The molecule has 1 saturated heterocycles. The molecule has 7 nitrogen and oxygen atoms in total. The SMILES string of the molecule is CN(CC1CCC(NCC2=C(Cl)C=C3OCC(=O)CCC3=CCC2)CC1)c1c(F)cnc2ccc(=O)n(C)c12. The van der Waals surface area contributed by atoms with Crippen molar-refractivity contribution in [1.82, 2.24) is 14.9 Å². The van der Waals surface area contributed by atoms with Gasteiger partial charge >= 0.3 is 0 Å². The minimum Gasteiger partial charge on any atom is -0.486 e. The fourth-order valence-corrected chi connectivity index (χ4v) is 6.21. The Bertz CT molecular complexity index is 1400. The Labute approximate surface area is 233 Å². The predicted octanol–water partition coefficient (Wildman–Crippen LogP) is 5.13. The second kappa shape index (κ2) is 12.0. The molecule has 1 aliphatic heterocycles. The number of carbonyl (C=O) groups excluding carboxylic acids is 1. The third-order valence-electron chi connectivity index (χ3n) is 8.24. The van der Waals surface area contributed by atoms with Crippen molar-refractivity contribution in [1.29, 1.82) is 0 Å². The summed E-state index contributed by atoms with van der Waals surface area (Å²) in [6.07, 6.45) is 12.4. The van der Waals surface area contributed by atoms with E-state index < -0.39 is 5.82 Å². The van der Waals surface area contributed by atoms with Gasteiger partial charge in [0.15, 0.2) is 11.6 Å². The van der Waals surface area contributed by atoms with Crippen LogP contribution in [0, 0.1) is 11.7 Å². The van der Waals surface area contributed by atoms with Gasteiger partial charge in [-0.2, -0.15) is 0 Å². The van der Waals surface area contributed by atoms with Gasteiger partial charge in [0.25, 0.3) is 5.56 Å². The van der Waals surface area contributed by atoms with Crippen LogP contribution in [0.5, 0.6) is 0 Å². The Kier molecular flexibility index (Phi) is 8.52. The molecule has 0 amide bonds. The molecule has 3 heterocycles. The molecule has 3 aliphatic rings. The molecule has 0 spiro atoms. The molecule has 2 aromatic heterocycles. The lowest BCUT2D eigenvalue weighted by Gasteiger charge is -2.33. The highest BCUT2D eigenvalue weighted by atomic mass is 35.5. The number of ketones is 1. The number of pyridine rings is 2. The molecule has 39 heavy (non-hydrogen) atoms. The highest BCUT2D eigenvalue weighted by Crippen LogP contribution is 2.32. The van der Waals surface area contributed by atoms with E-state index in [4.69, 9.17) is 16.3 Å². The molecule has 2 aliphatic carbocycles. The zero-order chi connectivity index (χ0) is 27.5. The van der Waals surface area contributed by atoms with Gasteiger partial charge in [-0.05, 0) is 74.2 Å². The summed E-state index contributed by atoms with van der Waals surface area (Å²) in [5.74, 6) is 0.871. The molecule has 0 bridgehead atoms. The van der Waals surface area contributed by atoms with Crippen molar-refractivity contribution in [2.75, 3.05) is 31.6 Å². The Hall–Kier alpha value is -2.97. The van der Waals surface area contributed by atoms with E-state index in [-0.39, 0.29) is 17.9 Å². The monoisotopic (exact) mass is 554 g/mol. The lowest BCUT2D eigenvalue weighted by atomic mass is 9.85. The van der Waals surface area contributed by atoms with Gasteiger partial charge in [0.1, 0.15) is 18.1 Å². The van der Waals surface area contributed by atoms with Crippen LogP contribution in [0.4, 0.5) is 10.1 Å². The van der Waals surface area contributed by atoms with E-state index in [9.17, 15) is 14.0 Å². The first-order chi connectivity index (χ1) is 18.8. The fourth-order valence-electron chi connectivity index (χ4n) is 5.95. The molecule has 1 N–H and O–H groups in total. The molecular weight excluding hydrogens is 519 g/mol. The Morgan fingerprint density at radius 2 is 1.97 bits per heavy atom. The maximum absolute atomic E-state index is 14.9. The first-order valence-corrected chi connectivity index (χ1v) is 14.2. The van der Waals surface area contributed by atoms with Gasteiger partial charge in [0.05, 0.1) is 17.2 Å². The van der Waals surface area contributed by atoms with Gasteiger partial charge in [-0.3, -0.25) is 14.6 Å². The summed E-state index contributed by atoms with van der Waals surface area (Å²) < 4.78 is 22.1. The van der Waals surface area contributed by atoms with Gasteiger partial charge in [-0.25, -0.2) is 4.39 Å². The minimum atomic E-state index is -0.413. The summed E-state index contributed by atoms with van der Waals surface area (Å²) in [4.78, 5) is 30.1. The van der Waals surface area contributed by atoms with Gasteiger partial charge in [0.2, 0.25) is 0 Å². The summed E-state index contributed by atoms with van der Waals surface area (Å²) in [6.45, 7) is 1.55. The molecule has 208 valence electrons. The number of fused-ring (bicyclic) bond motifs is 2. The second-order valence-electron chi connectivity index (χ2n) is 11.0. The average molecular weight is 555 g/mol. The topological polar surface area (TPSA) is 76.5 Å². The predicted molar refractivity (Wildman–Crippen MR) is 152 cm³/mol. The summed E-state index contributed by atoms with van der Waals surface area (Å²) in [5, 5.41) is 4.41. The first kappa shape index (κ1) is 27.6. The highest BCUT2D eigenvalue weighted by Gasteiger charge is 2.25. The molecule has 2 fully saturated rings. The quantitative estimate of drug-likeness (QED) is 0.533. The van der Waals surface area contributed by atoms with E-state index in [1.54, 1.807) is 13.1 Å². The summed E-state index contributed by atoms with van der Waals surface area (Å²) in [7, 11) is 3.55. The highest BCUT2D eigenvalue weighted by molar-refractivity contribution is 6.31. The van der Waals surface area contributed by atoms with Crippen molar-refractivity contribution in [2.24, 2.45) is 13.0 Å². The van der Waals surface area contributed by atoms with Crippen molar-refractivity contribution < 1.29 is 13.9 Å². The van der Waals surface area contributed by atoms with Crippen LogP contribution in [0.3, 0.4) is 0 Å². The van der Waals surface area contributed by atoms with Crippen LogP contribution in [0.25, 0.3) is 11.0 Å². The number of aryl methyl sites for hydroxylation is 1. The molecular formula is C30H36ClFN4O3. The number of nitrogens with zero attached hydrogens (tertiary/aromatic N) is 3. The maximum atomic E-state index is 14.9. The number of anilines is 1. The molecule has 5 rings (SSSR count). The number of nitrogens with one attached hydrogen (secondary N) is 1. The van der Waals surface area contributed by atoms with Gasteiger partial charge < -0.3 is 19.5 Å². The molecule has 2 aromatic rings. The van der Waals surface area contributed by atoms with Gasteiger partial charge in [-0.1, -0.05) is 17.7 Å². The Morgan fingerprint density at radius 3 is 2.77 bits per heavy atom. The van der Waals surface area contributed by atoms with E-state index in [2.05, 4.69) is 16.4 Å². The maximum Gasteiger partial charge on any atom is 0.250 e. The number of aromatic nitrogens is 2. The van der Waals surface area contributed by atoms with Crippen LogP contribution in [0.2, 0.25) is 0 Å². The van der Waals surface area contributed by atoms with Crippen LogP contribution in [-0.4, -0.2) is 48.1 Å². The largest absolute Gasteiger partial charge is 0.486 e. The van der Waals surface area contributed by atoms with Crippen LogP contribution < -0.4 is 15.8 Å². The summed E-state index contributed by atoms with van der Waals surface area (Å²) in [5.41, 5.74) is 3.63. The second-order valence-corrected chi connectivity index (χ2v) is 11.4. The van der Waals surface area contributed by atoms with E-state index in [0.717, 1.165) is 62.0 Å². The summed E-state index contributed by atoms with van der Waals surface area (Å²) in [6, 6.07) is 3.52. The normalized spacial score (nSPS) is 22.3. The molecule has 0 atom stereocenters.